The predicted molar refractivity (Wildman–Crippen MR) is 117 cm³/mol. The van der Waals surface area contributed by atoms with E-state index in [4.69, 9.17) is 28.8 Å². The summed E-state index contributed by atoms with van der Waals surface area (Å²) >= 11 is 0. The maximum absolute atomic E-state index is 6.16. The van der Waals surface area contributed by atoms with Crippen molar-refractivity contribution < 1.29 is 28.8 Å². The van der Waals surface area contributed by atoms with Crippen molar-refractivity contribution in [3.8, 4) is 0 Å². The van der Waals surface area contributed by atoms with Crippen LogP contribution in [0.1, 0.15) is 0 Å². The molecule has 0 spiro atoms. The van der Waals surface area contributed by atoms with E-state index >= 15 is 0 Å². The maximum Gasteiger partial charge on any atom is 0.314 e. The molecular weight excluding hydrogens is 441 g/mol. The summed E-state index contributed by atoms with van der Waals surface area (Å²) in [7, 11) is -12.0. The van der Waals surface area contributed by atoms with Gasteiger partial charge in [0.2, 0.25) is 0 Å². The monoisotopic (exact) mass is 476 g/mol. The van der Waals surface area contributed by atoms with E-state index in [1.165, 1.54) is 0 Å². The quantitative estimate of drug-likeness (QED) is 0.497. The molecule has 7 nitrogen and oxygen atoms in total. The van der Waals surface area contributed by atoms with Gasteiger partial charge >= 0.3 is 42.8 Å². The molecule has 150 valence electrons. The van der Waals surface area contributed by atoms with E-state index in [1.807, 2.05) is 0 Å². The zero-order valence-corrected chi connectivity index (χ0v) is 25.2. The minimum absolute atomic E-state index is 0.645. The van der Waals surface area contributed by atoms with E-state index in [0.29, 0.717) is 0 Å². The first-order valence-corrected chi connectivity index (χ1v) is 26.0. The molecule has 1 atom stereocenters. The SMILES string of the molecule is C[SiH]1O[SiH2]O[Si](C)(C)O1.C[Si]1(C)O[Si](C)(C)O[Si](C)(C)O[Si](C)(C)O1. The van der Waals surface area contributed by atoms with Crippen LogP contribution in [-0.2, 0) is 28.8 Å². The van der Waals surface area contributed by atoms with E-state index in [-0.39, 0.29) is 0 Å². The summed E-state index contributed by atoms with van der Waals surface area (Å²) in [6.07, 6.45) is 0. The topological polar surface area (TPSA) is 64.6 Å². The van der Waals surface area contributed by atoms with E-state index in [9.17, 15) is 0 Å². The average Bonchev–Trinajstić information content (AvgIpc) is 2.17. The zero-order chi connectivity index (χ0) is 19.7. The Morgan fingerprint density at radius 3 is 1.08 bits per heavy atom. The van der Waals surface area contributed by atoms with Crippen molar-refractivity contribution in [2.45, 2.75) is 72.0 Å². The molecule has 1 unspecified atom stereocenters. The largest absolute Gasteiger partial charge is 0.423 e. The van der Waals surface area contributed by atoms with Gasteiger partial charge in [0, 0.05) is 0 Å². The molecule has 0 bridgehead atoms. The van der Waals surface area contributed by atoms with Gasteiger partial charge in [0.1, 0.15) is 0 Å². The fourth-order valence-electron chi connectivity index (χ4n) is 3.19. The van der Waals surface area contributed by atoms with Gasteiger partial charge in [-0.15, -0.1) is 0 Å². The van der Waals surface area contributed by atoms with Crippen LogP contribution < -0.4 is 0 Å². The summed E-state index contributed by atoms with van der Waals surface area (Å²) in [4.78, 5) is 0. The highest BCUT2D eigenvalue weighted by molar-refractivity contribution is 6.92. The molecule has 0 aromatic heterocycles. The Kier molecular flexibility index (Phi) is 8.07. The molecule has 0 aliphatic carbocycles. The Hall–Kier alpha value is 1.24. The average molecular weight is 477 g/mol. The Morgan fingerprint density at radius 1 is 0.560 bits per heavy atom. The Morgan fingerprint density at radius 2 is 0.880 bits per heavy atom. The molecule has 0 amide bonds. The van der Waals surface area contributed by atoms with Crippen molar-refractivity contribution in [3.05, 3.63) is 0 Å². The highest BCUT2D eigenvalue weighted by Crippen LogP contribution is 2.30. The van der Waals surface area contributed by atoms with Crippen LogP contribution in [0.25, 0.3) is 0 Å². The molecular formula is C11H36O7Si7. The molecule has 14 heteroatoms. The summed E-state index contributed by atoms with van der Waals surface area (Å²) in [5.41, 5.74) is 0. The van der Waals surface area contributed by atoms with Crippen LogP contribution in [0.5, 0.6) is 0 Å². The highest BCUT2D eigenvalue weighted by Gasteiger charge is 2.50. The van der Waals surface area contributed by atoms with Gasteiger partial charge in [-0.05, 0) is 72.0 Å². The van der Waals surface area contributed by atoms with Crippen LogP contribution in [0.4, 0.5) is 0 Å². The Bertz CT molecular complexity index is 386. The molecule has 0 radical (unpaired) electrons. The molecule has 25 heavy (non-hydrogen) atoms. The lowest BCUT2D eigenvalue weighted by atomic mass is 11.9. The Labute approximate surface area is 162 Å². The number of hydrogen-bond donors (Lipinski definition) is 0. The molecule has 2 fully saturated rings. The van der Waals surface area contributed by atoms with Crippen LogP contribution in [0, 0.1) is 0 Å². The third-order valence-corrected chi connectivity index (χ3v) is 28.1. The summed E-state index contributed by atoms with van der Waals surface area (Å²) in [5.74, 6) is 0. The van der Waals surface area contributed by atoms with Crippen molar-refractivity contribution in [1.82, 2.24) is 0 Å². The van der Waals surface area contributed by atoms with Gasteiger partial charge in [-0.1, -0.05) is 0 Å². The third kappa shape index (κ3) is 9.83. The normalized spacial score (nSPS) is 33.5. The fourth-order valence-corrected chi connectivity index (χ4v) is 32.1. The molecule has 0 aromatic rings. The molecule has 0 N–H and O–H groups in total. The second-order valence-electron chi connectivity index (χ2n) is 8.52. The molecule has 0 saturated carbocycles. The number of hydrogen-bond acceptors (Lipinski definition) is 7. The second-order valence-corrected chi connectivity index (χ2v) is 30.6. The van der Waals surface area contributed by atoms with E-state index in [2.05, 4.69) is 72.0 Å². The smallest absolute Gasteiger partial charge is 0.314 e. The lowest BCUT2D eigenvalue weighted by Crippen LogP contribution is -2.64. The van der Waals surface area contributed by atoms with E-state index in [1.54, 1.807) is 0 Å². The van der Waals surface area contributed by atoms with Gasteiger partial charge in [0.25, 0.3) is 19.3 Å². The van der Waals surface area contributed by atoms with Gasteiger partial charge in [-0.2, -0.15) is 0 Å². The third-order valence-electron chi connectivity index (χ3n) is 3.13. The summed E-state index contributed by atoms with van der Waals surface area (Å²) < 4.78 is 40.9. The molecule has 2 heterocycles. The number of rotatable bonds is 0. The molecule has 2 saturated heterocycles. The second kappa shape index (κ2) is 8.31. The van der Waals surface area contributed by atoms with Gasteiger partial charge in [0.15, 0.2) is 0 Å². The molecule has 2 aliphatic rings. The maximum atomic E-state index is 6.16. The lowest BCUT2D eigenvalue weighted by Gasteiger charge is -2.46. The standard InChI is InChI=1S/C8H24O4Si4.C3H12O3Si3/c1-13(2)9-14(3,4)11-16(7,8)12-15(5,6)10-13;1-8-4-7-5-9(2,3)6-8/h1-8H3;8H,7H2,1-3H3. The van der Waals surface area contributed by atoms with Crippen molar-refractivity contribution >= 4 is 62.1 Å². The first kappa shape index (κ1) is 24.3. The van der Waals surface area contributed by atoms with Crippen LogP contribution in [0.2, 0.25) is 72.0 Å². The van der Waals surface area contributed by atoms with Gasteiger partial charge in [-0.25, -0.2) is 0 Å². The fraction of sp³-hybridized carbons (Fsp3) is 1.00. The van der Waals surface area contributed by atoms with Crippen LogP contribution in [0.15, 0.2) is 0 Å². The van der Waals surface area contributed by atoms with Crippen molar-refractivity contribution in [2.24, 2.45) is 0 Å². The predicted octanol–water partition coefficient (Wildman–Crippen LogP) is 2.47. The zero-order valence-electron chi connectivity index (χ0n) is 17.6. The summed E-state index contributed by atoms with van der Waals surface area (Å²) in [5, 5.41) is 0. The molecule has 2 aliphatic heterocycles. The van der Waals surface area contributed by atoms with E-state index in [0.717, 1.165) is 0 Å². The van der Waals surface area contributed by atoms with Gasteiger partial charge in [0.05, 0.1) is 0 Å². The Balaban J connectivity index is 0.000000293. The summed E-state index contributed by atoms with van der Waals surface area (Å²) in [6.45, 7) is 22.8. The molecule has 0 aromatic carbocycles. The van der Waals surface area contributed by atoms with E-state index < -0.39 is 62.1 Å². The van der Waals surface area contributed by atoms with Crippen molar-refractivity contribution in [3.63, 3.8) is 0 Å². The van der Waals surface area contributed by atoms with Crippen LogP contribution in [0.3, 0.4) is 0 Å². The van der Waals surface area contributed by atoms with Gasteiger partial charge in [-0.3, -0.25) is 0 Å². The minimum Gasteiger partial charge on any atom is -0.423 e. The van der Waals surface area contributed by atoms with Crippen LogP contribution >= 0.6 is 0 Å². The first-order chi connectivity index (χ1) is 10.9. The van der Waals surface area contributed by atoms with Crippen LogP contribution in [-0.4, -0.2) is 62.1 Å². The molecule has 2 rings (SSSR count). The van der Waals surface area contributed by atoms with Crippen molar-refractivity contribution in [1.29, 1.82) is 0 Å². The van der Waals surface area contributed by atoms with Gasteiger partial charge < -0.3 is 28.8 Å². The first-order valence-electron chi connectivity index (χ1n) is 8.67. The summed E-state index contributed by atoms with van der Waals surface area (Å²) in [6, 6.07) is 0. The minimum atomic E-state index is -2.11. The lowest BCUT2D eigenvalue weighted by molar-refractivity contribution is 0.238. The highest BCUT2D eigenvalue weighted by atomic mass is 28.5. The van der Waals surface area contributed by atoms with Crippen molar-refractivity contribution in [2.75, 3.05) is 0 Å².